The monoisotopic (exact) mass is 424 g/mol. The average molecular weight is 424 g/mol. The number of amides is 1. The molecular weight excluding hydrogens is 400 g/mol. The van der Waals surface area contributed by atoms with Crippen molar-refractivity contribution >= 4 is 23.7 Å². The van der Waals surface area contributed by atoms with Crippen LogP contribution in [0.4, 0.5) is 5.82 Å². The summed E-state index contributed by atoms with van der Waals surface area (Å²) in [6.07, 6.45) is 3.92. The van der Waals surface area contributed by atoms with Crippen LogP contribution in [-0.4, -0.2) is 50.6 Å². The van der Waals surface area contributed by atoms with Gasteiger partial charge in [0.25, 0.3) is 5.91 Å². The molecule has 4 N–H and O–H groups in total. The highest BCUT2D eigenvalue weighted by atomic mass is 16.4. The fraction of sp³-hybridized carbons (Fsp3) is 0.318. The first kappa shape index (κ1) is 21.9. The predicted octanol–water partition coefficient (Wildman–Crippen LogP) is 1.91. The second-order valence-corrected chi connectivity index (χ2v) is 7.47. The van der Waals surface area contributed by atoms with Crippen molar-refractivity contribution in [1.82, 2.24) is 15.3 Å². The third-order valence-corrected chi connectivity index (χ3v) is 5.28. The van der Waals surface area contributed by atoms with Crippen LogP contribution in [-0.2, 0) is 22.4 Å². The summed E-state index contributed by atoms with van der Waals surface area (Å²) in [5.41, 5.74) is 3.01. The summed E-state index contributed by atoms with van der Waals surface area (Å²) in [4.78, 5) is 43.2. The van der Waals surface area contributed by atoms with Gasteiger partial charge < -0.3 is 20.8 Å². The SMILES string of the molecule is C=C(Cc1ccccc1C(=O)N[C@@H](CCC(=O)O)C(=O)O)C1CNc2ncncc2C1. The van der Waals surface area contributed by atoms with Gasteiger partial charge in [0.1, 0.15) is 18.2 Å². The van der Waals surface area contributed by atoms with Gasteiger partial charge in [-0.25, -0.2) is 14.8 Å². The Hall–Kier alpha value is -3.75. The molecule has 2 heterocycles. The van der Waals surface area contributed by atoms with Crippen molar-refractivity contribution in [3.8, 4) is 0 Å². The normalized spacial score (nSPS) is 15.8. The molecule has 0 bridgehead atoms. The number of benzene rings is 1. The molecule has 2 atom stereocenters. The number of carboxylic acid groups (broad SMARTS) is 2. The summed E-state index contributed by atoms with van der Waals surface area (Å²) in [5, 5.41) is 23.8. The van der Waals surface area contributed by atoms with Crippen molar-refractivity contribution in [3.63, 3.8) is 0 Å². The second-order valence-electron chi connectivity index (χ2n) is 7.47. The van der Waals surface area contributed by atoms with Crippen LogP contribution >= 0.6 is 0 Å². The van der Waals surface area contributed by atoms with Crippen LogP contribution in [0.25, 0.3) is 0 Å². The number of carbonyl (C=O) groups is 3. The highest BCUT2D eigenvalue weighted by molar-refractivity contribution is 5.98. The molecule has 1 aromatic heterocycles. The molecule has 1 aliphatic heterocycles. The minimum Gasteiger partial charge on any atom is -0.481 e. The number of rotatable bonds is 9. The Labute approximate surface area is 179 Å². The standard InChI is InChI=1S/C22H24N4O5/c1-13(15-9-16-10-23-12-25-20(16)24-11-15)8-14-4-2-3-5-17(14)21(29)26-18(22(30)31)6-7-19(27)28/h2-5,10,12,15,18H,1,6-9,11H2,(H,26,29)(H,27,28)(H,30,31)(H,23,24,25)/t15?,18-/m0/s1. The maximum Gasteiger partial charge on any atom is 0.326 e. The molecule has 9 nitrogen and oxygen atoms in total. The zero-order valence-electron chi connectivity index (χ0n) is 16.9. The summed E-state index contributed by atoms with van der Waals surface area (Å²) < 4.78 is 0. The van der Waals surface area contributed by atoms with Crippen LogP contribution in [0.1, 0.15) is 34.3 Å². The zero-order valence-corrected chi connectivity index (χ0v) is 16.9. The smallest absolute Gasteiger partial charge is 0.326 e. The first-order chi connectivity index (χ1) is 14.8. The molecular formula is C22H24N4O5. The van der Waals surface area contributed by atoms with Crippen molar-refractivity contribution in [2.75, 3.05) is 11.9 Å². The van der Waals surface area contributed by atoms with Crippen molar-refractivity contribution in [1.29, 1.82) is 0 Å². The van der Waals surface area contributed by atoms with E-state index in [0.717, 1.165) is 28.9 Å². The molecule has 1 aromatic carbocycles. The Balaban J connectivity index is 1.70. The van der Waals surface area contributed by atoms with Crippen molar-refractivity contribution in [2.45, 2.75) is 31.7 Å². The lowest BCUT2D eigenvalue weighted by atomic mass is 9.86. The molecule has 31 heavy (non-hydrogen) atoms. The lowest BCUT2D eigenvalue weighted by Gasteiger charge is -2.27. The Morgan fingerprint density at radius 3 is 2.77 bits per heavy atom. The fourth-order valence-corrected chi connectivity index (χ4v) is 3.56. The third-order valence-electron chi connectivity index (χ3n) is 5.28. The predicted molar refractivity (Wildman–Crippen MR) is 113 cm³/mol. The molecule has 0 saturated heterocycles. The highest BCUT2D eigenvalue weighted by Crippen LogP contribution is 2.27. The van der Waals surface area contributed by atoms with Gasteiger partial charge in [-0.1, -0.05) is 30.4 Å². The van der Waals surface area contributed by atoms with Crippen LogP contribution in [0.2, 0.25) is 0 Å². The first-order valence-corrected chi connectivity index (χ1v) is 9.89. The summed E-state index contributed by atoms with van der Waals surface area (Å²) in [6.45, 7) is 4.89. The quantitative estimate of drug-likeness (QED) is 0.447. The molecule has 3 rings (SSSR count). The van der Waals surface area contributed by atoms with Gasteiger partial charge in [0, 0.05) is 36.2 Å². The van der Waals surface area contributed by atoms with Gasteiger partial charge in [-0.2, -0.15) is 0 Å². The molecule has 0 fully saturated rings. The lowest BCUT2D eigenvalue weighted by molar-refractivity contribution is -0.140. The molecule has 9 heteroatoms. The number of aliphatic carboxylic acids is 2. The summed E-state index contributed by atoms with van der Waals surface area (Å²) in [7, 11) is 0. The lowest BCUT2D eigenvalue weighted by Crippen LogP contribution is -2.41. The molecule has 1 aliphatic rings. The number of anilines is 1. The maximum absolute atomic E-state index is 12.8. The zero-order chi connectivity index (χ0) is 22.4. The summed E-state index contributed by atoms with van der Waals surface area (Å²) in [5.74, 6) is -1.99. The molecule has 162 valence electrons. The molecule has 0 aliphatic carbocycles. The number of carbonyl (C=O) groups excluding carboxylic acids is 1. The number of carboxylic acids is 2. The van der Waals surface area contributed by atoms with E-state index in [1.165, 1.54) is 6.33 Å². The van der Waals surface area contributed by atoms with E-state index in [2.05, 4.69) is 27.2 Å². The molecule has 1 amide bonds. The number of aromatic nitrogens is 2. The van der Waals surface area contributed by atoms with E-state index < -0.39 is 23.9 Å². The number of nitrogens with zero attached hydrogens (tertiary/aromatic N) is 2. The van der Waals surface area contributed by atoms with Crippen LogP contribution in [0.5, 0.6) is 0 Å². The summed E-state index contributed by atoms with van der Waals surface area (Å²) >= 11 is 0. The van der Waals surface area contributed by atoms with Crippen LogP contribution < -0.4 is 10.6 Å². The van der Waals surface area contributed by atoms with E-state index >= 15 is 0 Å². The Morgan fingerprint density at radius 1 is 1.26 bits per heavy atom. The Bertz CT molecular complexity index is 1010. The van der Waals surface area contributed by atoms with E-state index in [1.807, 2.05) is 0 Å². The number of nitrogens with one attached hydrogen (secondary N) is 2. The van der Waals surface area contributed by atoms with Crippen molar-refractivity contribution in [3.05, 3.63) is 65.6 Å². The van der Waals surface area contributed by atoms with E-state index in [1.54, 1.807) is 30.5 Å². The third kappa shape index (κ3) is 5.65. The number of fused-ring (bicyclic) bond motifs is 1. The van der Waals surface area contributed by atoms with Crippen LogP contribution in [0.3, 0.4) is 0 Å². The van der Waals surface area contributed by atoms with Crippen molar-refractivity contribution < 1.29 is 24.6 Å². The molecule has 2 aromatic rings. The molecule has 0 spiro atoms. The highest BCUT2D eigenvalue weighted by Gasteiger charge is 2.25. The minimum absolute atomic E-state index is 0.136. The van der Waals surface area contributed by atoms with Crippen molar-refractivity contribution in [2.24, 2.45) is 5.92 Å². The van der Waals surface area contributed by atoms with E-state index in [-0.39, 0.29) is 18.8 Å². The number of hydrogen-bond donors (Lipinski definition) is 4. The van der Waals surface area contributed by atoms with Gasteiger partial charge in [0.05, 0.1) is 0 Å². The van der Waals surface area contributed by atoms with Crippen LogP contribution in [0, 0.1) is 5.92 Å². The molecule has 1 unspecified atom stereocenters. The van der Waals surface area contributed by atoms with Gasteiger partial charge in [-0.05, 0) is 30.9 Å². The van der Waals surface area contributed by atoms with E-state index in [0.29, 0.717) is 18.5 Å². The van der Waals surface area contributed by atoms with E-state index in [4.69, 9.17) is 5.11 Å². The van der Waals surface area contributed by atoms with E-state index in [9.17, 15) is 19.5 Å². The second kappa shape index (κ2) is 9.84. The van der Waals surface area contributed by atoms with Gasteiger partial charge >= 0.3 is 11.9 Å². The Kier molecular flexibility index (Phi) is 6.96. The topological polar surface area (TPSA) is 142 Å². The van der Waals surface area contributed by atoms with Gasteiger partial charge in [0.2, 0.25) is 0 Å². The molecule has 0 radical (unpaired) electrons. The Morgan fingerprint density at radius 2 is 2.03 bits per heavy atom. The van der Waals surface area contributed by atoms with Gasteiger partial charge in [-0.15, -0.1) is 0 Å². The average Bonchev–Trinajstić information content (AvgIpc) is 2.76. The number of hydrogen-bond acceptors (Lipinski definition) is 6. The van der Waals surface area contributed by atoms with Crippen LogP contribution in [0.15, 0.2) is 48.9 Å². The minimum atomic E-state index is -1.28. The van der Waals surface area contributed by atoms with Gasteiger partial charge in [-0.3, -0.25) is 9.59 Å². The fourth-order valence-electron chi connectivity index (χ4n) is 3.56. The largest absolute Gasteiger partial charge is 0.481 e. The summed E-state index contributed by atoms with van der Waals surface area (Å²) in [6, 6.07) is 5.65. The molecule has 0 saturated carbocycles. The first-order valence-electron chi connectivity index (χ1n) is 9.89. The van der Waals surface area contributed by atoms with Gasteiger partial charge in [0.15, 0.2) is 0 Å². The maximum atomic E-state index is 12.8.